The Bertz CT molecular complexity index is 837. The summed E-state index contributed by atoms with van der Waals surface area (Å²) in [5, 5.41) is 13.6. The summed E-state index contributed by atoms with van der Waals surface area (Å²) in [4.78, 5) is 20.5. The predicted molar refractivity (Wildman–Crippen MR) is 86.5 cm³/mol. The first-order valence-electron chi connectivity index (χ1n) is 6.62. The lowest BCUT2D eigenvalue weighted by Crippen LogP contribution is -2.24. The second kappa shape index (κ2) is 6.11. The molecule has 6 heteroatoms. The fraction of sp³-hybridized carbons (Fsp3) is 0.0625. The van der Waals surface area contributed by atoms with Crippen LogP contribution in [-0.4, -0.2) is 21.0 Å². The predicted octanol–water partition coefficient (Wildman–Crippen LogP) is 3.03. The SMILES string of the molecule is O=C(NCc1ccccc1)c1nc(Br)c2cccnc2c1O. The lowest BCUT2D eigenvalue weighted by Gasteiger charge is -2.09. The van der Waals surface area contributed by atoms with E-state index in [1.807, 2.05) is 30.3 Å². The van der Waals surface area contributed by atoms with Gasteiger partial charge < -0.3 is 10.4 Å². The molecule has 22 heavy (non-hydrogen) atoms. The third-order valence-electron chi connectivity index (χ3n) is 3.20. The number of nitrogens with one attached hydrogen (secondary N) is 1. The summed E-state index contributed by atoms with van der Waals surface area (Å²) >= 11 is 3.30. The van der Waals surface area contributed by atoms with Crippen LogP contribution in [-0.2, 0) is 6.54 Å². The Hall–Kier alpha value is -2.47. The first kappa shape index (κ1) is 14.5. The zero-order chi connectivity index (χ0) is 15.5. The number of benzene rings is 1. The topological polar surface area (TPSA) is 75.1 Å². The number of hydrogen-bond acceptors (Lipinski definition) is 4. The van der Waals surface area contributed by atoms with E-state index in [1.54, 1.807) is 18.3 Å². The highest BCUT2D eigenvalue weighted by Crippen LogP contribution is 2.30. The van der Waals surface area contributed by atoms with Gasteiger partial charge in [0.25, 0.3) is 5.91 Å². The highest BCUT2D eigenvalue weighted by Gasteiger charge is 2.18. The molecule has 1 aromatic carbocycles. The maximum absolute atomic E-state index is 12.3. The first-order valence-corrected chi connectivity index (χ1v) is 7.41. The number of aromatic nitrogens is 2. The molecule has 0 fully saturated rings. The molecule has 0 radical (unpaired) electrons. The molecule has 5 nitrogen and oxygen atoms in total. The van der Waals surface area contributed by atoms with Gasteiger partial charge in [0.15, 0.2) is 11.4 Å². The quantitative estimate of drug-likeness (QED) is 0.706. The van der Waals surface area contributed by atoms with Crippen LogP contribution in [0, 0.1) is 0 Å². The Morgan fingerprint density at radius 3 is 2.73 bits per heavy atom. The number of halogens is 1. The normalized spacial score (nSPS) is 10.6. The molecule has 110 valence electrons. The van der Waals surface area contributed by atoms with Crippen LogP contribution in [0.1, 0.15) is 16.1 Å². The smallest absolute Gasteiger partial charge is 0.274 e. The van der Waals surface area contributed by atoms with Gasteiger partial charge in [-0.2, -0.15) is 0 Å². The molecular formula is C16H12BrN3O2. The molecule has 1 amide bonds. The second-order valence-electron chi connectivity index (χ2n) is 4.67. The number of carbonyl (C=O) groups is 1. The standard InChI is InChI=1S/C16H12BrN3O2/c17-15-11-7-4-8-18-12(11)14(21)13(20-15)16(22)19-9-10-5-2-1-3-6-10/h1-8,21H,9H2,(H,19,22). The van der Waals surface area contributed by atoms with E-state index in [9.17, 15) is 9.90 Å². The van der Waals surface area contributed by atoms with Gasteiger partial charge in [0.05, 0.1) is 0 Å². The maximum atomic E-state index is 12.3. The van der Waals surface area contributed by atoms with Crippen molar-refractivity contribution in [1.82, 2.24) is 15.3 Å². The average Bonchev–Trinajstić information content (AvgIpc) is 2.57. The largest absolute Gasteiger partial charge is 0.504 e. The number of rotatable bonds is 3. The molecule has 2 N–H and O–H groups in total. The van der Waals surface area contributed by atoms with Gasteiger partial charge in [0.1, 0.15) is 10.1 Å². The van der Waals surface area contributed by atoms with Crippen molar-refractivity contribution in [1.29, 1.82) is 0 Å². The van der Waals surface area contributed by atoms with Crippen LogP contribution in [0.25, 0.3) is 10.9 Å². The van der Waals surface area contributed by atoms with Gasteiger partial charge in [-0.05, 0) is 33.6 Å². The zero-order valence-corrected chi connectivity index (χ0v) is 13.0. The number of pyridine rings is 2. The van der Waals surface area contributed by atoms with E-state index < -0.39 is 5.91 Å². The number of nitrogens with zero attached hydrogens (tertiary/aromatic N) is 2. The van der Waals surface area contributed by atoms with Crippen LogP contribution < -0.4 is 5.32 Å². The molecule has 0 unspecified atom stereocenters. The fourth-order valence-electron chi connectivity index (χ4n) is 2.10. The molecule has 0 atom stereocenters. The molecule has 0 spiro atoms. The Morgan fingerprint density at radius 2 is 1.95 bits per heavy atom. The van der Waals surface area contributed by atoms with E-state index in [-0.39, 0.29) is 11.4 Å². The van der Waals surface area contributed by atoms with Gasteiger partial charge in [-0.1, -0.05) is 30.3 Å². The maximum Gasteiger partial charge on any atom is 0.274 e. The lowest BCUT2D eigenvalue weighted by atomic mass is 10.2. The monoisotopic (exact) mass is 357 g/mol. The summed E-state index contributed by atoms with van der Waals surface area (Å²) in [5.74, 6) is -0.668. The third-order valence-corrected chi connectivity index (χ3v) is 3.80. The fourth-order valence-corrected chi connectivity index (χ4v) is 2.60. The highest BCUT2D eigenvalue weighted by molar-refractivity contribution is 9.10. The summed E-state index contributed by atoms with van der Waals surface area (Å²) in [6.45, 7) is 0.360. The van der Waals surface area contributed by atoms with Crippen LogP contribution in [0.15, 0.2) is 53.3 Å². The summed E-state index contributed by atoms with van der Waals surface area (Å²) in [6.07, 6.45) is 1.56. The van der Waals surface area contributed by atoms with E-state index >= 15 is 0 Å². The Morgan fingerprint density at radius 1 is 1.18 bits per heavy atom. The molecule has 3 rings (SSSR count). The van der Waals surface area contributed by atoms with Crippen LogP contribution in [0.5, 0.6) is 5.75 Å². The van der Waals surface area contributed by atoms with Crippen LogP contribution in [0.2, 0.25) is 0 Å². The van der Waals surface area contributed by atoms with Crippen molar-refractivity contribution in [3.8, 4) is 5.75 Å². The van der Waals surface area contributed by atoms with Gasteiger partial charge in [0.2, 0.25) is 0 Å². The van der Waals surface area contributed by atoms with Crippen molar-refractivity contribution in [2.24, 2.45) is 0 Å². The van der Waals surface area contributed by atoms with E-state index in [2.05, 4.69) is 31.2 Å². The summed E-state index contributed by atoms with van der Waals surface area (Å²) in [5.41, 5.74) is 1.26. The van der Waals surface area contributed by atoms with E-state index in [1.165, 1.54) is 0 Å². The van der Waals surface area contributed by atoms with E-state index in [4.69, 9.17) is 0 Å². The number of fused-ring (bicyclic) bond motifs is 1. The van der Waals surface area contributed by atoms with Gasteiger partial charge in [-0.25, -0.2) is 4.98 Å². The van der Waals surface area contributed by atoms with Gasteiger partial charge in [0, 0.05) is 18.1 Å². The highest BCUT2D eigenvalue weighted by atomic mass is 79.9. The minimum atomic E-state index is -0.449. The van der Waals surface area contributed by atoms with Crippen LogP contribution in [0.3, 0.4) is 0 Å². The molecule has 2 aromatic heterocycles. The molecule has 0 saturated carbocycles. The molecule has 2 heterocycles. The summed E-state index contributed by atoms with van der Waals surface area (Å²) < 4.78 is 0.471. The zero-order valence-electron chi connectivity index (χ0n) is 11.5. The number of aromatic hydroxyl groups is 1. The minimum Gasteiger partial charge on any atom is -0.504 e. The lowest BCUT2D eigenvalue weighted by molar-refractivity contribution is 0.0943. The second-order valence-corrected chi connectivity index (χ2v) is 5.42. The van der Waals surface area contributed by atoms with E-state index in [0.29, 0.717) is 22.1 Å². The summed E-state index contributed by atoms with van der Waals surface area (Å²) in [6, 6.07) is 13.0. The minimum absolute atomic E-state index is 0.0472. The Balaban J connectivity index is 1.89. The van der Waals surface area contributed by atoms with Crippen molar-refractivity contribution in [3.05, 3.63) is 64.5 Å². The Labute approximate surface area is 135 Å². The van der Waals surface area contributed by atoms with Crippen molar-refractivity contribution < 1.29 is 9.90 Å². The number of hydrogen-bond donors (Lipinski definition) is 2. The Kier molecular flexibility index (Phi) is 4.02. The van der Waals surface area contributed by atoms with Crippen molar-refractivity contribution >= 4 is 32.7 Å². The molecule has 0 aliphatic heterocycles. The van der Waals surface area contributed by atoms with Gasteiger partial charge >= 0.3 is 0 Å². The van der Waals surface area contributed by atoms with Gasteiger partial charge in [-0.3, -0.25) is 9.78 Å². The van der Waals surface area contributed by atoms with Crippen LogP contribution in [0.4, 0.5) is 0 Å². The number of amides is 1. The van der Waals surface area contributed by atoms with Crippen molar-refractivity contribution in [2.45, 2.75) is 6.54 Å². The molecular weight excluding hydrogens is 346 g/mol. The van der Waals surface area contributed by atoms with Crippen molar-refractivity contribution in [2.75, 3.05) is 0 Å². The molecule has 0 aliphatic carbocycles. The molecule has 3 aromatic rings. The molecule has 0 aliphatic rings. The van der Waals surface area contributed by atoms with Crippen LogP contribution >= 0.6 is 15.9 Å². The number of carbonyl (C=O) groups excluding carboxylic acids is 1. The first-order chi connectivity index (χ1) is 10.7. The average molecular weight is 358 g/mol. The van der Waals surface area contributed by atoms with E-state index in [0.717, 1.165) is 5.56 Å². The third kappa shape index (κ3) is 2.78. The molecule has 0 saturated heterocycles. The van der Waals surface area contributed by atoms with Crippen molar-refractivity contribution in [3.63, 3.8) is 0 Å². The van der Waals surface area contributed by atoms with Gasteiger partial charge in [-0.15, -0.1) is 0 Å². The molecule has 0 bridgehead atoms. The summed E-state index contributed by atoms with van der Waals surface area (Å²) in [7, 11) is 0.